The summed E-state index contributed by atoms with van der Waals surface area (Å²) in [5, 5.41) is 8.02. The third-order valence-corrected chi connectivity index (χ3v) is 4.61. The first kappa shape index (κ1) is 18.9. The largest absolute Gasteiger partial charge is 0.462 e. The highest BCUT2D eigenvalue weighted by Gasteiger charge is 2.22. The van der Waals surface area contributed by atoms with Gasteiger partial charge >= 0.3 is 5.97 Å². The van der Waals surface area contributed by atoms with E-state index in [4.69, 9.17) is 20.8 Å². The first-order chi connectivity index (χ1) is 14.0. The monoisotopic (exact) mass is 412 g/mol. The van der Waals surface area contributed by atoms with E-state index in [1.54, 1.807) is 44.4 Å². The summed E-state index contributed by atoms with van der Waals surface area (Å²) in [6.07, 6.45) is 4.77. The van der Waals surface area contributed by atoms with Gasteiger partial charge in [0.1, 0.15) is 22.5 Å². The number of hydrogen-bond acceptors (Lipinski definition) is 6. The highest BCUT2D eigenvalue weighted by atomic mass is 35.5. The molecule has 4 aromatic rings. The zero-order chi connectivity index (χ0) is 20.5. The molecule has 0 aliphatic heterocycles. The number of nitrogens with one attached hydrogen (secondary N) is 1. The lowest BCUT2D eigenvalue weighted by Gasteiger charge is -2.10. The minimum atomic E-state index is -0.519. The third-order valence-electron chi connectivity index (χ3n) is 4.39. The predicted octanol–water partition coefficient (Wildman–Crippen LogP) is 3.80. The maximum absolute atomic E-state index is 12.7. The van der Waals surface area contributed by atoms with Gasteiger partial charge in [-0.1, -0.05) is 11.6 Å². The average molecular weight is 413 g/mol. The van der Waals surface area contributed by atoms with Crippen LogP contribution in [-0.2, 0) is 4.74 Å². The Balaban J connectivity index is 1.63. The molecular weight excluding hydrogens is 396 g/mol. The Morgan fingerprint density at radius 2 is 2.14 bits per heavy atom. The normalized spacial score (nSPS) is 12.2. The number of nitrogens with zero attached hydrogens (tertiary/aromatic N) is 3. The van der Waals surface area contributed by atoms with Gasteiger partial charge in [0.25, 0.3) is 5.91 Å². The molecule has 3 heterocycles. The molecule has 1 atom stereocenters. The second-order valence-electron chi connectivity index (χ2n) is 6.38. The molecule has 0 saturated heterocycles. The van der Waals surface area contributed by atoms with Gasteiger partial charge in [-0.3, -0.25) is 4.79 Å². The first-order valence-electron chi connectivity index (χ1n) is 8.97. The van der Waals surface area contributed by atoms with Crippen LogP contribution < -0.4 is 5.32 Å². The van der Waals surface area contributed by atoms with Crippen molar-refractivity contribution in [3.8, 4) is 0 Å². The molecule has 9 heteroatoms. The standard InChI is InChI=1S/C20H17ClN4O4/c1-3-28-20(27)14-9-13(21)7-12-8-16(29-17(12)14)11(2)24-19(26)15-10-23-25-6-4-5-22-18(15)25/h4-11H,3H2,1-2H3,(H,24,26)/t11-/m0/s1. The molecule has 29 heavy (non-hydrogen) atoms. The van der Waals surface area contributed by atoms with Crippen LogP contribution in [0.25, 0.3) is 16.6 Å². The Morgan fingerprint density at radius 3 is 2.93 bits per heavy atom. The van der Waals surface area contributed by atoms with E-state index in [-0.39, 0.29) is 18.1 Å². The number of fused-ring (bicyclic) bond motifs is 2. The fraction of sp³-hybridized carbons (Fsp3) is 0.200. The van der Waals surface area contributed by atoms with E-state index in [0.717, 1.165) is 0 Å². The number of benzene rings is 1. The van der Waals surface area contributed by atoms with E-state index in [0.29, 0.717) is 33.0 Å². The van der Waals surface area contributed by atoms with Crippen molar-refractivity contribution in [1.29, 1.82) is 0 Å². The summed E-state index contributed by atoms with van der Waals surface area (Å²) in [6.45, 7) is 3.74. The van der Waals surface area contributed by atoms with E-state index in [1.807, 2.05) is 0 Å². The molecule has 0 saturated carbocycles. The third kappa shape index (κ3) is 3.54. The summed E-state index contributed by atoms with van der Waals surface area (Å²) in [4.78, 5) is 29.1. The van der Waals surface area contributed by atoms with Gasteiger partial charge < -0.3 is 14.5 Å². The van der Waals surface area contributed by atoms with Crippen molar-refractivity contribution in [2.75, 3.05) is 6.61 Å². The SMILES string of the molecule is CCOC(=O)c1cc(Cl)cc2cc([C@H](C)NC(=O)c3cnn4cccnc34)oc12. The lowest BCUT2D eigenvalue weighted by Crippen LogP contribution is -2.26. The second kappa shape index (κ2) is 7.56. The van der Waals surface area contributed by atoms with Crippen LogP contribution in [0.15, 0.2) is 47.3 Å². The van der Waals surface area contributed by atoms with Crippen molar-refractivity contribution >= 4 is 40.1 Å². The molecule has 0 bridgehead atoms. The Kier molecular flexibility index (Phi) is 4.94. The van der Waals surface area contributed by atoms with E-state index in [2.05, 4.69) is 15.4 Å². The van der Waals surface area contributed by atoms with Gasteiger partial charge in [-0.05, 0) is 38.1 Å². The van der Waals surface area contributed by atoms with Crippen molar-refractivity contribution in [1.82, 2.24) is 19.9 Å². The van der Waals surface area contributed by atoms with Crippen LogP contribution in [-0.4, -0.2) is 33.1 Å². The van der Waals surface area contributed by atoms with Gasteiger partial charge in [0.2, 0.25) is 0 Å². The van der Waals surface area contributed by atoms with Gasteiger partial charge in [-0.25, -0.2) is 14.3 Å². The van der Waals surface area contributed by atoms with Crippen LogP contribution in [0, 0.1) is 0 Å². The molecular formula is C20H17ClN4O4. The summed E-state index contributed by atoms with van der Waals surface area (Å²) in [7, 11) is 0. The minimum Gasteiger partial charge on any atom is -0.462 e. The lowest BCUT2D eigenvalue weighted by atomic mass is 10.1. The summed E-state index contributed by atoms with van der Waals surface area (Å²) < 4.78 is 12.5. The summed E-state index contributed by atoms with van der Waals surface area (Å²) in [5.74, 6) is -0.379. The summed E-state index contributed by atoms with van der Waals surface area (Å²) in [5.41, 5.74) is 1.41. The molecule has 1 amide bonds. The molecule has 4 rings (SSSR count). The fourth-order valence-electron chi connectivity index (χ4n) is 3.04. The van der Waals surface area contributed by atoms with E-state index >= 15 is 0 Å². The van der Waals surface area contributed by atoms with Crippen molar-refractivity contribution in [2.45, 2.75) is 19.9 Å². The highest BCUT2D eigenvalue weighted by molar-refractivity contribution is 6.32. The predicted molar refractivity (Wildman–Crippen MR) is 106 cm³/mol. The van der Waals surface area contributed by atoms with Gasteiger partial charge in [0, 0.05) is 22.8 Å². The molecule has 1 aromatic carbocycles. The van der Waals surface area contributed by atoms with Gasteiger partial charge in [-0.2, -0.15) is 5.10 Å². The molecule has 8 nitrogen and oxygen atoms in total. The molecule has 0 unspecified atom stereocenters. The van der Waals surface area contributed by atoms with Crippen LogP contribution in [0.3, 0.4) is 0 Å². The molecule has 148 valence electrons. The highest BCUT2D eigenvalue weighted by Crippen LogP contribution is 2.30. The Bertz CT molecular complexity index is 1230. The van der Waals surface area contributed by atoms with Crippen molar-refractivity contribution in [2.24, 2.45) is 0 Å². The second-order valence-corrected chi connectivity index (χ2v) is 6.82. The van der Waals surface area contributed by atoms with Crippen molar-refractivity contribution in [3.63, 3.8) is 0 Å². The molecule has 0 fully saturated rings. The fourth-order valence-corrected chi connectivity index (χ4v) is 3.27. The Labute approximate surface area is 170 Å². The number of aromatic nitrogens is 3. The van der Waals surface area contributed by atoms with Crippen LogP contribution in [0.5, 0.6) is 0 Å². The zero-order valence-corrected chi connectivity index (χ0v) is 16.4. The van der Waals surface area contributed by atoms with Crippen molar-refractivity contribution in [3.05, 3.63) is 64.8 Å². The smallest absolute Gasteiger partial charge is 0.342 e. The zero-order valence-electron chi connectivity index (χ0n) is 15.7. The maximum Gasteiger partial charge on any atom is 0.342 e. The molecule has 1 N–H and O–H groups in total. The number of ether oxygens (including phenoxy) is 1. The van der Waals surface area contributed by atoms with Gasteiger partial charge in [0.05, 0.1) is 18.8 Å². The first-order valence-corrected chi connectivity index (χ1v) is 9.35. The van der Waals surface area contributed by atoms with Crippen LogP contribution >= 0.6 is 11.6 Å². The van der Waals surface area contributed by atoms with Gasteiger partial charge in [0.15, 0.2) is 5.65 Å². The number of hydrogen-bond donors (Lipinski definition) is 1. The summed E-state index contributed by atoms with van der Waals surface area (Å²) in [6, 6.07) is 6.19. The summed E-state index contributed by atoms with van der Waals surface area (Å²) >= 11 is 6.13. The van der Waals surface area contributed by atoms with Crippen LogP contribution in [0.4, 0.5) is 0 Å². The quantitative estimate of drug-likeness (QED) is 0.500. The number of carbonyl (C=O) groups is 2. The van der Waals surface area contributed by atoms with E-state index in [9.17, 15) is 9.59 Å². The molecule has 3 aromatic heterocycles. The number of halogens is 1. The maximum atomic E-state index is 12.7. The molecule has 0 radical (unpaired) electrons. The van der Waals surface area contributed by atoms with E-state index < -0.39 is 12.0 Å². The Hall–Kier alpha value is -3.39. The Morgan fingerprint density at radius 1 is 1.31 bits per heavy atom. The number of rotatable bonds is 5. The van der Waals surface area contributed by atoms with Crippen LogP contribution in [0.1, 0.15) is 46.4 Å². The lowest BCUT2D eigenvalue weighted by molar-refractivity contribution is 0.0527. The number of carbonyl (C=O) groups excluding carboxylic acids is 2. The number of amides is 1. The van der Waals surface area contributed by atoms with Gasteiger partial charge in [-0.15, -0.1) is 0 Å². The van der Waals surface area contributed by atoms with Crippen molar-refractivity contribution < 1.29 is 18.7 Å². The number of furan rings is 1. The number of esters is 1. The topological polar surface area (TPSA) is 98.7 Å². The molecule has 0 spiro atoms. The molecule has 0 aliphatic carbocycles. The molecule has 0 aliphatic rings. The average Bonchev–Trinajstić information content (AvgIpc) is 3.31. The minimum absolute atomic E-state index is 0.237. The van der Waals surface area contributed by atoms with E-state index in [1.165, 1.54) is 16.8 Å². The van der Waals surface area contributed by atoms with Crippen LogP contribution in [0.2, 0.25) is 5.02 Å².